The first-order valence-corrected chi connectivity index (χ1v) is 5.68. The van der Waals surface area contributed by atoms with Crippen molar-refractivity contribution in [3.63, 3.8) is 0 Å². The molecule has 0 amide bonds. The van der Waals surface area contributed by atoms with Gasteiger partial charge in [0.15, 0.2) is 0 Å². The van der Waals surface area contributed by atoms with E-state index < -0.39 is 6.10 Å². The minimum Gasteiger partial charge on any atom is -0.396 e. The Morgan fingerprint density at radius 2 is 1.86 bits per heavy atom. The summed E-state index contributed by atoms with van der Waals surface area (Å²) in [5.41, 5.74) is 0. The highest BCUT2D eigenvalue weighted by atomic mass is 16.5. The van der Waals surface area contributed by atoms with Crippen LogP contribution in [0.25, 0.3) is 0 Å². The summed E-state index contributed by atoms with van der Waals surface area (Å²) < 4.78 is 5.27. The number of aliphatic hydroxyl groups is 2. The molecule has 3 nitrogen and oxygen atoms in total. The molecule has 0 aliphatic rings. The van der Waals surface area contributed by atoms with Crippen molar-refractivity contribution in [1.82, 2.24) is 0 Å². The van der Waals surface area contributed by atoms with Gasteiger partial charge in [0.1, 0.15) is 0 Å². The minimum atomic E-state index is -0.504. The third-order valence-electron chi connectivity index (χ3n) is 2.16. The van der Waals surface area contributed by atoms with Gasteiger partial charge in [-0.3, -0.25) is 0 Å². The van der Waals surface area contributed by atoms with E-state index in [-0.39, 0.29) is 6.61 Å². The van der Waals surface area contributed by atoms with Gasteiger partial charge in [0, 0.05) is 13.2 Å². The van der Waals surface area contributed by atoms with Crippen molar-refractivity contribution in [3.05, 3.63) is 0 Å². The summed E-state index contributed by atoms with van der Waals surface area (Å²) in [4.78, 5) is 0. The Kier molecular flexibility index (Phi) is 10.9. The van der Waals surface area contributed by atoms with Crippen molar-refractivity contribution in [2.75, 3.05) is 19.8 Å². The topological polar surface area (TPSA) is 49.7 Å². The lowest BCUT2D eigenvalue weighted by molar-refractivity contribution is 0.0228. The molecule has 3 heteroatoms. The van der Waals surface area contributed by atoms with Crippen LogP contribution in [0.2, 0.25) is 0 Å². The van der Waals surface area contributed by atoms with Crippen LogP contribution in [0.1, 0.15) is 45.4 Å². The van der Waals surface area contributed by atoms with Gasteiger partial charge in [-0.15, -0.1) is 0 Å². The normalized spacial score (nSPS) is 13.1. The molecule has 0 saturated heterocycles. The molecule has 0 spiro atoms. The molecule has 0 fully saturated rings. The number of ether oxygens (including phenoxy) is 1. The molecule has 0 saturated carbocycles. The molecule has 0 bridgehead atoms. The fourth-order valence-electron chi connectivity index (χ4n) is 1.26. The van der Waals surface area contributed by atoms with Crippen LogP contribution in [0.5, 0.6) is 0 Å². The van der Waals surface area contributed by atoms with Crippen molar-refractivity contribution in [2.45, 2.75) is 51.6 Å². The molecule has 0 aromatic rings. The van der Waals surface area contributed by atoms with Gasteiger partial charge in [0.05, 0.1) is 12.7 Å². The van der Waals surface area contributed by atoms with Crippen LogP contribution < -0.4 is 0 Å². The van der Waals surface area contributed by atoms with Gasteiger partial charge >= 0.3 is 0 Å². The van der Waals surface area contributed by atoms with Crippen molar-refractivity contribution < 1.29 is 14.9 Å². The van der Waals surface area contributed by atoms with Crippen LogP contribution in [-0.4, -0.2) is 36.1 Å². The molecule has 86 valence electrons. The van der Waals surface area contributed by atoms with Crippen molar-refractivity contribution in [3.8, 4) is 0 Å². The predicted octanol–water partition coefficient (Wildman–Crippen LogP) is 1.72. The smallest absolute Gasteiger partial charge is 0.0795 e. The summed E-state index contributed by atoms with van der Waals surface area (Å²) in [5.74, 6) is 0. The van der Waals surface area contributed by atoms with Crippen molar-refractivity contribution >= 4 is 0 Å². The zero-order chi connectivity index (χ0) is 10.6. The molecule has 0 aliphatic heterocycles. The first-order valence-electron chi connectivity index (χ1n) is 5.68. The van der Waals surface area contributed by atoms with Gasteiger partial charge in [-0.2, -0.15) is 0 Å². The standard InChI is InChI=1S/C11H24O3/c1-2-3-4-5-6-9-14-10-11(13)7-8-12/h11-13H,2-10H2,1H3. The zero-order valence-electron chi connectivity index (χ0n) is 9.24. The van der Waals surface area contributed by atoms with Gasteiger partial charge in [0.2, 0.25) is 0 Å². The van der Waals surface area contributed by atoms with Crippen LogP contribution in [0.15, 0.2) is 0 Å². The lowest BCUT2D eigenvalue weighted by atomic mass is 10.2. The highest BCUT2D eigenvalue weighted by Gasteiger charge is 2.01. The number of hydrogen-bond acceptors (Lipinski definition) is 3. The molecule has 0 aliphatic carbocycles. The highest BCUT2D eigenvalue weighted by molar-refractivity contribution is 4.51. The maximum absolute atomic E-state index is 9.20. The summed E-state index contributed by atoms with van der Waals surface area (Å²) >= 11 is 0. The van der Waals surface area contributed by atoms with Gasteiger partial charge in [-0.25, -0.2) is 0 Å². The Morgan fingerprint density at radius 1 is 1.14 bits per heavy atom. The van der Waals surface area contributed by atoms with Crippen molar-refractivity contribution in [1.29, 1.82) is 0 Å². The van der Waals surface area contributed by atoms with Crippen LogP contribution in [0, 0.1) is 0 Å². The minimum absolute atomic E-state index is 0.0288. The molecule has 14 heavy (non-hydrogen) atoms. The van der Waals surface area contributed by atoms with Gasteiger partial charge < -0.3 is 14.9 Å². The van der Waals surface area contributed by atoms with E-state index in [9.17, 15) is 5.11 Å². The zero-order valence-corrected chi connectivity index (χ0v) is 9.24. The third kappa shape index (κ3) is 9.96. The van der Waals surface area contributed by atoms with E-state index in [1.807, 2.05) is 0 Å². The van der Waals surface area contributed by atoms with Gasteiger partial charge in [-0.05, 0) is 12.8 Å². The first-order chi connectivity index (χ1) is 6.81. The summed E-state index contributed by atoms with van der Waals surface area (Å²) in [6.45, 7) is 3.31. The number of hydrogen-bond donors (Lipinski definition) is 2. The molecule has 2 N–H and O–H groups in total. The molecule has 0 aromatic carbocycles. The van der Waals surface area contributed by atoms with E-state index in [1.54, 1.807) is 0 Å². The Bertz CT molecular complexity index is 107. The molecule has 0 rings (SSSR count). The number of rotatable bonds is 10. The van der Waals surface area contributed by atoms with Crippen LogP contribution >= 0.6 is 0 Å². The molecular formula is C11H24O3. The van der Waals surface area contributed by atoms with Gasteiger partial charge in [0.25, 0.3) is 0 Å². The van der Waals surface area contributed by atoms with E-state index >= 15 is 0 Å². The Hall–Kier alpha value is -0.120. The average molecular weight is 204 g/mol. The fraction of sp³-hybridized carbons (Fsp3) is 1.00. The second-order valence-corrected chi connectivity index (χ2v) is 3.66. The summed E-state index contributed by atoms with van der Waals surface area (Å²) in [7, 11) is 0. The molecule has 0 heterocycles. The number of aliphatic hydroxyl groups excluding tert-OH is 2. The van der Waals surface area contributed by atoms with Crippen LogP contribution in [0.3, 0.4) is 0 Å². The lowest BCUT2D eigenvalue weighted by Crippen LogP contribution is -2.17. The Labute approximate surface area is 87.1 Å². The summed E-state index contributed by atoms with van der Waals surface area (Å²) in [6.07, 6.45) is 6.03. The summed E-state index contributed by atoms with van der Waals surface area (Å²) in [5, 5.41) is 17.7. The van der Waals surface area contributed by atoms with Crippen LogP contribution in [-0.2, 0) is 4.74 Å². The fourth-order valence-corrected chi connectivity index (χ4v) is 1.26. The molecule has 0 aromatic heterocycles. The van der Waals surface area contributed by atoms with E-state index in [0.717, 1.165) is 13.0 Å². The quantitative estimate of drug-likeness (QED) is 0.533. The molecule has 1 atom stereocenters. The maximum atomic E-state index is 9.20. The van der Waals surface area contributed by atoms with E-state index in [1.165, 1.54) is 25.7 Å². The average Bonchev–Trinajstić information content (AvgIpc) is 2.17. The second-order valence-electron chi connectivity index (χ2n) is 3.66. The second kappa shape index (κ2) is 11.0. The van der Waals surface area contributed by atoms with Crippen LogP contribution in [0.4, 0.5) is 0 Å². The predicted molar refractivity (Wildman–Crippen MR) is 57.3 cm³/mol. The SMILES string of the molecule is CCCCCCCOCC(O)CCO. The molecule has 1 unspecified atom stereocenters. The summed E-state index contributed by atoms with van der Waals surface area (Å²) in [6, 6.07) is 0. The Morgan fingerprint density at radius 3 is 2.50 bits per heavy atom. The molecule has 0 radical (unpaired) electrons. The lowest BCUT2D eigenvalue weighted by Gasteiger charge is -2.09. The third-order valence-corrected chi connectivity index (χ3v) is 2.16. The maximum Gasteiger partial charge on any atom is 0.0795 e. The van der Waals surface area contributed by atoms with Crippen molar-refractivity contribution in [2.24, 2.45) is 0 Å². The largest absolute Gasteiger partial charge is 0.396 e. The highest BCUT2D eigenvalue weighted by Crippen LogP contribution is 2.02. The van der Waals surface area contributed by atoms with E-state index in [4.69, 9.17) is 9.84 Å². The monoisotopic (exact) mass is 204 g/mol. The number of unbranched alkanes of at least 4 members (excludes halogenated alkanes) is 4. The van der Waals surface area contributed by atoms with E-state index in [0.29, 0.717) is 13.0 Å². The molecular weight excluding hydrogens is 180 g/mol. The van der Waals surface area contributed by atoms with E-state index in [2.05, 4.69) is 6.92 Å². The Balaban J connectivity index is 2.98. The van der Waals surface area contributed by atoms with Gasteiger partial charge in [-0.1, -0.05) is 32.6 Å². The first kappa shape index (κ1) is 13.9.